The Labute approximate surface area is 163 Å². The van der Waals surface area contributed by atoms with Crippen LogP contribution in [0.25, 0.3) is 11.2 Å². The van der Waals surface area contributed by atoms with E-state index in [0.717, 1.165) is 4.90 Å². The second kappa shape index (κ2) is 6.30. The SMILES string of the molecule is Nc1ncnc2c1ncn2C1OC(CN2C(=O)c3ccccc3C2=O)[C@@H](O)[C@H]1O. The molecule has 4 N–H and O–H groups in total. The summed E-state index contributed by atoms with van der Waals surface area (Å²) in [4.78, 5) is 38.2. The molecule has 148 valence electrons. The van der Waals surface area contributed by atoms with Crippen molar-refractivity contribution >= 4 is 28.8 Å². The lowest BCUT2D eigenvalue weighted by atomic mass is 10.1. The van der Waals surface area contributed by atoms with Crippen LogP contribution < -0.4 is 5.73 Å². The van der Waals surface area contributed by atoms with Crippen molar-refractivity contribution in [2.75, 3.05) is 12.3 Å². The van der Waals surface area contributed by atoms with Crippen LogP contribution in [0.4, 0.5) is 5.82 Å². The summed E-state index contributed by atoms with van der Waals surface area (Å²) in [7, 11) is 0. The second-order valence-electron chi connectivity index (χ2n) is 6.90. The number of anilines is 1. The molecule has 0 bridgehead atoms. The van der Waals surface area contributed by atoms with E-state index in [1.807, 2.05) is 0 Å². The molecule has 2 unspecified atom stereocenters. The molecule has 0 saturated carbocycles. The second-order valence-corrected chi connectivity index (χ2v) is 6.90. The minimum atomic E-state index is -1.33. The average Bonchev–Trinajstić information content (AvgIpc) is 3.34. The number of carbonyl (C=O) groups is 2. The Bertz CT molecular complexity index is 1110. The molecule has 0 spiro atoms. The van der Waals surface area contributed by atoms with Crippen molar-refractivity contribution in [1.29, 1.82) is 0 Å². The number of amides is 2. The monoisotopic (exact) mass is 396 g/mol. The number of rotatable bonds is 3. The zero-order valence-electron chi connectivity index (χ0n) is 14.9. The number of nitrogens with two attached hydrogens (primary N) is 1. The maximum absolute atomic E-state index is 12.6. The summed E-state index contributed by atoms with van der Waals surface area (Å²) in [6, 6.07) is 6.49. The zero-order chi connectivity index (χ0) is 20.3. The number of nitrogens with zero attached hydrogens (tertiary/aromatic N) is 5. The maximum atomic E-state index is 12.6. The molecule has 0 radical (unpaired) electrons. The molecule has 2 aliphatic heterocycles. The number of hydrogen-bond acceptors (Lipinski definition) is 9. The lowest BCUT2D eigenvalue weighted by molar-refractivity contribution is -0.0400. The number of ether oxygens (including phenoxy) is 1. The van der Waals surface area contributed by atoms with Gasteiger partial charge in [-0.05, 0) is 12.1 Å². The first-order chi connectivity index (χ1) is 14.0. The third kappa shape index (κ3) is 2.52. The van der Waals surface area contributed by atoms with Gasteiger partial charge in [0.2, 0.25) is 0 Å². The highest BCUT2D eigenvalue weighted by molar-refractivity contribution is 6.21. The van der Waals surface area contributed by atoms with Crippen molar-refractivity contribution in [3.05, 3.63) is 48.0 Å². The molecule has 1 fully saturated rings. The molecule has 0 aliphatic carbocycles. The topological polar surface area (TPSA) is 157 Å². The van der Waals surface area contributed by atoms with E-state index in [0.29, 0.717) is 22.3 Å². The van der Waals surface area contributed by atoms with Crippen LogP contribution in [0.1, 0.15) is 26.9 Å². The van der Waals surface area contributed by atoms with Gasteiger partial charge < -0.3 is 20.7 Å². The Balaban J connectivity index is 1.41. The van der Waals surface area contributed by atoms with Gasteiger partial charge in [0.1, 0.15) is 30.2 Å². The molecule has 1 aromatic carbocycles. The van der Waals surface area contributed by atoms with Crippen LogP contribution >= 0.6 is 0 Å². The number of aliphatic hydroxyl groups is 2. The Morgan fingerprint density at radius 3 is 2.41 bits per heavy atom. The molecule has 11 nitrogen and oxygen atoms in total. The molecular formula is C18H16N6O5. The highest BCUT2D eigenvalue weighted by Gasteiger charge is 2.47. The molecule has 2 amide bonds. The van der Waals surface area contributed by atoms with Crippen LogP contribution in [0.5, 0.6) is 0 Å². The summed E-state index contributed by atoms with van der Waals surface area (Å²) in [6.07, 6.45) is -2.05. The van der Waals surface area contributed by atoms with E-state index in [-0.39, 0.29) is 12.4 Å². The lowest BCUT2D eigenvalue weighted by Gasteiger charge is -2.21. The van der Waals surface area contributed by atoms with Gasteiger partial charge in [-0.25, -0.2) is 15.0 Å². The summed E-state index contributed by atoms with van der Waals surface area (Å²) < 4.78 is 7.25. The smallest absolute Gasteiger partial charge is 0.261 e. The lowest BCUT2D eigenvalue weighted by Crippen LogP contribution is -2.42. The van der Waals surface area contributed by atoms with E-state index in [2.05, 4.69) is 15.0 Å². The molecule has 29 heavy (non-hydrogen) atoms. The Kier molecular flexibility index (Phi) is 3.84. The van der Waals surface area contributed by atoms with E-state index >= 15 is 0 Å². The van der Waals surface area contributed by atoms with Crippen LogP contribution in [-0.4, -0.2) is 71.3 Å². The Hall–Kier alpha value is -3.41. The predicted molar refractivity (Wildman–Crippen MR) is 97.5 cm³/mol. The van der Waals surface area contributed by atoms with Gasteiger partial charge in [-0.15, -0.1) is 0 Å². The van der Waals surface area contributed by atoms with Gasteiger partial charge >= 0.3 is 0 Å². The number of aromatic nitrogens is 4. The number of carbonyl (C=O) groups excluding carboxylic acids is 2. The quantitative estimate of drug-likeness (QED) is 0.488. The third-order valence-corrected chi connectivity index (χ3v) is 5.24. The average molecular weight is 396 g/mol. The van der Waals surface area contributed by atoms with Crippen LogP contribution in [0, 0.1) is 0 Å². The van der Waals surface area contributed by atoms with Crippen molar-refractivity contribution in [1.82, 2.24) is 24.4 Å². The van der Waals surface area contributed by atoms with Crippen LogP contribution in [0.15, 0.2) is 36.9 Å². The first-order valence-electron chi connectivity index (χ1n) is 8.87. The van der Waals surface area contributed by atoms with E-state index < -0.39 is 36.4 Å². The highest BCUT2D eigenvalue weighted by Crippen LogP contribution is 2.33. The van der Waals surface area contributed by atoms with Gasteiger partial charge in [0.15, 0.2) is 17.7 Å². The molecule has 4 heterocycles. The largest absolute Gasteiger partial charge is 0.387 e. The molecule has 5 rings (SSSR count). The molecule has 1 saturated heterocycles. The number of imide groups is 1. The fourth-order valence-corrected chi connectivity index (χ4v) is 3.75. The first kappa shape index (κ1) is 17.7. The molecule has 4 atom stereocenters. The summed E-state index contributed by atoms with van der Waals surface area (Å²) in [5.41, 5.74) is 7.04. The summed E-state index contributed by atoms with van der Waals surface area (Å²) in [5.74, 6) is -0.759. The van der Waals surface area contributed by atoms with E-state index in [9.17, 15) is 19.8 Å². The first-order valence-corrected chi connectivity index (χ1v) is 8.87. The number of fused-ring (bicyclic) bond motifs is 2. The van der Waals surface area contributed by atoms with Gasteiger partial charge in [0.05, 0.1) is 24.0 Å². The number of imidazole rings is 1. The van der Waals surface area contributed by atoms with Gasteiger partial charge in [0.25, 0.3) is 11.8 Å². The molecule has 2 aromatic heterocycles. The molecule has 11 heteroatoms. The fourth-order valence-electron chi connectivity index (χ4n) is 3.75. The summed E-state index contributed by atoms with van der Waals surface area (Å²) in [5, 5.41) is 21.0. The Morgan fingerprint density at radius 1 is 1.03 bits per heavy atom. The van der Waals surface area contributed by atoms with E-state index in [4.69, 9.17) is 10.5 Å². The van der Waals surface area contributed by atoms with Crippen LogP contribution in [-0.2, 0) is 4.74 Å². The Morgan fingerprint density at radius 2 is 1.72 bits per heavy atom. The predicted octanol–water partition coefficient (Wildman–Crippen LogP) is -0.676. The maximum Gasteiger partial charge on any atom is 0.261 e. The normalized spacial score (nSPS) is 26.5. The van der Waals surface area contributed by atoms with Crippen molar-refractivity contribution < 1.29 is 24.5 Å². The number of hydrogen-bond donors (Lipinski definition) is 3. The summed E-state index contributed by atoms with van der Waals surface area (Å²) >= 11 is 0. The molecular weight excluding hydrogens is 380 g/mol. The fraction of sp³-hybridized carbons (Fsp3) is 0.278. The highest BCUT2D eigenvalue weighted by atomic mass is 16.6. The van der Waals surface area contributed by atoms with Crippen molar-refractivity contribution in [2.24, 2.45) is 0 Å². The van der Waals surface area contributed by atoms with Crippen LogP contribution in [0.2, 0.25) is 0 Å². The number of benzene rings is 1. The molecule has 2 aliphatic rings. The van der Waals surface area contributed by atoms with Crippen molar-refractivity contribution in [2.45, 2.75) is 24.5 Å². The summed E-state index contributed by atoms with van der Waals surface area (Å²) in [6.45, 7) is -0.204. The third-order valence-electron chi connectivity index (χ3n) is 5.24. The van der Waals surface area contributed by atoms with Crippen LogP contribution in [0.3, 0.4) is 0 Å². The van der Waals surface area contributed by atoms with Gasteiger partial charge in [0, 0.05) is 0 Å². The molecule has 3 aromatic rings. The van der Waals surface area contributed by atoms with Crippen molar-refractivity contribution in [3.63, 3.8) is 0 Å². The van der Waals surface area contributed by atoms with Crippen molar-refractivity contribution in [3.8, 4) is 0 Å². The van der Waals surface area contributed by atoms with Gasteiger partial charge in [-0.2, -0.15) is 0 Å². The van der Waals surface area contributed by atoms with E-state index in [1.165, 1.54) is 17.2 Å². The minimum Gasteiger partial charge on any atom is -0.387 e. The van der Waals surface area contributed by atoms with Gasteiger partial charge in [-0.1, -0.05) is 12.1 Å². The zero-order valence-corrected chi connectivity index (χ0v) is 14.9. The number of aliphatic hydroxyl groups excluding tert-OH is 2. The minimum absolute atomic E-state index is 0.171. The van der Waals surface area contributed by atoms with E-state index in [1.54, 1.807) is 24.3 Å². The van der Waals surface area contributed by atoms with Gasteiger partial charge in [-0.3, -0.25) is 19.1 Å². The number of nitrogen functional groups attached to an aromatic ring is 1. The standard InChI is InChI=1S/C18H16N6O5/c19-14-11-15(21-6-20-14)24(7-22-11)18-13(26)12(25)10(29-18)5-23-16(27)8-3-1-2-4-9(8)17(23)28/h1-4,6-7,10,12-13,18,25-26H,5H2,(H2,19,20,21)/t10?,12-,13-,18?/m1/s1.